The Kier molecular flexibility index (Phi) is 6.01. The number of hydrogen-bond acceptors (Lipinski definition) is 3. The van der Waals surface area contributed by atoms with Crippen molar-refractivity contribution in [1.82, 2.24) is 15.1 Å². The van der Waals surface area contributed by atoms with Crippen molar-refractivity contribution in [3.05, 3.63) is 15.9 Å². The van der Waals surface area contributed by atoms with Gasteiger partial charge in [0.05, 0.1) is 15.9 Å². The lowest BCUT2D eigenvalue weighted by atomic mass is 10.3. The van der Waals surface area contributed by atoms with E-state index in [-0.39, 0.29) is 0 Å². The highest BCUT2D eigenvalue weighted by atomic mass is 79.9. The number of halogens is 1. The van der Waals surface area contributed by atoms with E-state index in [0.717, 1.165) is 42.9 Å². The summed E-state index contributed by atoms with van der Waals surface area (Å²) in [7, 11) is 1.97. The van der Waals surface area contributed by atoms with Crippen LogP contribution in [0.15, 0.2) is 4.47 Å². The monoisotopic (exact) mass is 289 g/mol. The molecular weight excluding hydrogens is 270 g/mol. The first kappa shape index (κ1) is 13.7. The summed E-state index contributed by atoms with van der Waals surface area (Å²) in [6, 6.07) is 0. The second kappa shape index (κ2) is 7.04. The average molecular weight is 290 g/mol. The van der Waals surface area contributed by atoms with Crippen LogP contribution >= 0.6 is 15.9 Å². The maximum absolute atomic E-state index is 5.27. The van der Waals surface area contributed by atoms with Crippen molar-refractivity contribution in [2.75, 3.05) is 19.8 Å². The van der Waals surface area contributed by atoms with Crippen LogP contribution in [-0.4, -0.2) is 29.5 Å². The van der Waals surface area contributed by atoms with E-state index in [1.165, 1.54) is 5.69 Å². The molecule has 0 aromatic carbocycles. The van der Waals surface area contributed by atoms with Crippen molar-refractivity contribution >= 4 is 15.9 Å². The van der Waals surface area contributed by atoms with E-state index in [2.05, 4.69) is 26.3 Å². The first-order chi connectivity index (χ1) is 7.66. The fourth-order valence-electron chi connectivity index (χ4n) is 1.52. The minimum atomic E-state index is 0.798. The minimum Gasteiger partial charge on any atom is -0.382 e. The standard InChI is InChI=1S/C11H20BrN3O/c1-4-16-7-5-6-13-8-10-11(12)9(2)14-15(10)3/h13H,4-8H2,1-3H3. The number of ether oxygens (including phenoxy) is 1. The Labute approximate surface area is 105 Å². The summed E-state index contributed by atoms with van der Waals surface area (Å²) in [5.74, 6) is 0. The van der Waals surface area contributed by atoms with Gasteiger partial charge in [-0.25, -0.2) is 0 Å². The molecule has 92 valence electrons. The van der Waals surface area contributed by atoms with Crippen molar-refractivity contribution in [3.8, 4) is 0 Å². The smallest absolute Gasteiger partial charge is 0.0739 e. The summed E-state index contributed by atoms with van der Waals surface area (Å²) in [6.45, 7) is 7.45. The van der Waals surface area contributed by atoms with Gasteiger partial charge in [-0.2, -0.15) is 5.10 Å². The Bertz CT molecular complexity index is 325. The molecule has 1 N–H and O–H groups in total. The van der Waals surface area contributed by atoms with Crippen LogP contribution in [0.25, 0.3) is 0 Å². The molecule has 1 rings (SSSR count). The predicted octanol–water partition coefficient (Wildman–Crippen LogP) is 2.01. The minimum absolute atomic E-state index is 0.798. The van der Waals surface area contributed by atoms with Crippen LogP contribution < -0.4 is 5.32 Å². The third-order valence-corrected chi connectivity index (χ3v) is 3.43. The number of rotatable bonds is 7. The molecule has 4 nitrogen and oxygen atoms in total. The van der Waals surface area contributed by atoms with Gasteiger partial charge in [-0.1, -0.05) is 0 Å². The number of nitrogens with zero attached hydrogens (tertiary/aromatic N) is 2. The maximum Gasteiger partial charge on any atom is 0.0739 e. The predicted molar refractivity (Wildman–Crippen MR) is 68.5 cm³/mol. The van der Waals surface area contributed by atoms with E-state index < -0.39 is 0 Å². The largest absolute Gasteiger partial charge is 0.382 e. The molecule has 16 heavy (non-hydrogen) atoms. The Morgan fingerprint density at radius 2 is 2.25 bits per heavy atom. The van der Waals surface area contributed by atoms with Crippen LogP contribution in [-0.2, 0) is 18.3 Å². The zero-order chi connectivity index (χ0) is 12.0. The summed E-state index contributed by atoms with van der Waals surface area (Å²) in [5.41, 5.74) is 2.22. The van der Waals surface area contributed by atoms with E-state index in [0.29, 0.717) is 0 Å². The molecule has 0 atom stereocenters. The topological polar surface area (TPSA) is 39.1 Å². The van der Waals surface area contributed by atoms with Gasteiger partial charge >= 0.3 is 0 Å². The third-order valence-electron chi connectivity index (χ3n) is 2.40. The van der Waals surface area contributed by atoms with Gasteiger partial charge in [0.2, 0.25) is 0 Å². The van der Waals surface area contributed by atoms with Crippen LogP contribution in [0.5, 0.6) is 0 Å². The fraction of sp³-hybridized carbons (Fsp3) is 0.727. The van der Waals surface area contributed by atoms with Gasteiger partial charge in [-0.05, 0) is 42.7 Å². The molecule has 5 heteroatoms. The molecule has 0 unspecified atom stereocenters. The van der Waals surface area contributed by atoms with Crippen molar-refractivity contribution in [1.29, 1.82) is 0 Å². The van der Waals surface area contributed by atoms with E-state index in [1.807, 2.05) is 25.6 Å². The molecule has 0 amide bonds. The van der Waals surface area contributed by atoms with E-state index >= 15 is 0 Å². The van der Waals surface area contributed by atoms with Crippen LogP contribution in [0.3, 0.4) is 0 Å². The van der Waals surface area contributed by atoms with Crippen molar-refractivity contribution in [2.24, 2.45) is 7.05 Å². The summed E-state index contributed by atoms with van der Waals surface area (Å²) >= 11 is 3.55. The maximum atomic E-state index is 5.27. The number of nitrogens with one attached hydrogen (secondary N) is 1. The Morgan fingerprint density at radius 1 is 1.50 bits per heavy atom. The van der Waals surface area contributed by atoms with Gasteiger partial charge in [0, 0.05) is 26.8 Å². The van der Waals surface area contributed by atoms with E-state index in [4.69, 9.17) is 4.74 Å². The molecule has 0 bridgehead atoms. The SMILES string of the molecule is CCOCCCNCc1c(Br)c(C)nn1C. The van der Waals surface area contributed by atoms with Crippen LogP contribution in [0.2, 0.25) is 0 Å². The van der Waals surface area contributed by atoms with Crippen molar-refractivity contribution in [3.63, 3.8) is 0 Å². The second-order valence-electron chi connectivity index (χ2n) is 3.70. The zero-order valence-corrected chi connectivity index (χ0v) is 11.8. The Hall–Kier alpha value is -0.390. The molecular formula is C11H20BrN3O. The first-order valence-electron chi connectivity index (χ1n) is 5.63. The van der Waals surface area contributed by atoms with Gasteiger partial charge in [-0.3, -0.25) is 4.68 Å². The van der Waals surface area contributed by atoms with Gasteiger partial charge in [-0.15, -0.1) is 0 Å². The van der Waals surface area contributed by atoms with Gasteiger partial charge < -0.3 is 10.1 Å². The lowest BCUT2D eigenvalue weighted by Gasteiger charge is -2.06. The normalized spacial score (nSPS) is 11.0. The van der Waals surface area contributed by atoms with Crippen molar-refractivity contribution in [2.45, 2.75) is 26.8 Å². The Morgan fingerprint density at radius 3 is 2.81 bits per heavy atom. The zero-order valence-electron chi connectivity index (χ0n) is 10.2. The number of hydrogen-bond donors (Lipinski definition) is 1. The summed E-state index contributed by atoms with van der Waals surface area (Å²) in [4.78, 5) is 0. The molecule has 0 saturated carbocycles. The highest BCUT2D eigenvalue weighted by Gasteiger charge is 2.09. The number of aromatic nitrogens is 2. The molecule has 0 radical (unpaired) electrons. The van der Waals surface area contributed by atoms with Crippen LogP contribution in [0, 0.1) is 6.92 Å². The summed E-state index contributed by atoms with van der Waals surface area (Å²) in [5, 5.41) is 7.73. The summed E-state index contributed by atoms with van der Waals surface area (Å²) in [6.07, 6.45) is 1.04. The summed E-state index contributed by atoms with van der Waals surface area (Å²) < 4.78 is 8.29. The lowest BCUT2D eigenvalue weighted by Crippen LogP contribution is -2.18. The molecule has 1 heterocycles. The van der Waals surface area contributed by atoms with E-state index in [1.54, 1.807) is 0 Å². The van der Waals surface area contributed by atoms with Crippen LogP contribution in [0.4, 0.5) is 0 Å². The lowest BCUT2D eigenvalue weighted by molar-refractivity contribution is 0.144. The highest BCUT2D eigenvalue weighted by Crippen LogP contribution is 2.19. The van der Waals surface area contributed by atoms with Crippen LogP contribution in [0.1, 0.15) is 24.7 Å². The average Bonchev–Trinajstić information content (AvgIpc) is 2.49. The molecule has 0 spiro atoms. The Balaban J connectivity index is 2.26. The van der Waals surface area contributed by atoms with Gasteiger partial charge in [0.1, 0.15) is 0 Å². The number of aryl methyl sites for hydroxylation is 2. The molecule has 0 aliphatic heterocycles. The van der Waals surface area contributed by atoms with E-state index in [9.17, 15) is 0 Å². The first-order valence-corrected chi connectivity index (χ1v) is 6.42. The van der Waals surface area contributed by atoms with Gasteiger partial charge in [0.15, 0.2) is 0 Å². The molecule has 1 aromatic heterocycles. The second-order valence-corrected chi connectivity index (χ2v) is 4.49. The highest BCUT2D eigenvalue weighted by molar-refractivity contribution is 9.10. The quantitative estimate of drug-likeness (QED) is 0.781. The van der Waals surface area contributed by atoms with Crippen molar-refractivity contribution < 1.29 is 4.74 Å². The molecule has 1 aromatic rings. The molecule has 0 saturated heterocycles. The molecule has 0 aliphatic carbocycles. The fourth-order valence-corrected chi connectivity index (χ4v) is 2.00. The molecule has 0 aliphatic rings. The third kappa shape index (κ3) is 3.88. The van der Waals surface area contributed by atoms with Gasteiger partial charge in [0.25, 0.3) is 0 Å². The molecule has 0 fully saturated rings.